The molecule has 1 aliphatic heterocycles. The van der Waals surface area contributed by atoms with Crippen LogP contribution in [0, 0.1) is 5.82 Å². The van der Waals surface area contributed by atoms with Crippen molar-refractivity contribution in [2.45, 2.75) is 44.4 Å². The molecule has 1 aromatic carbocycles. The average Bonchev–Trinajstić information content (AvgIpc) is 3.59. The van der Waals surface area contributed by atoms with Crippen LogP contribution in [0.1, 0.15) is 41.7 Å². The Balaban J connectivity index is 1.27. The first-order valence-electron chi connectivity index (χ1n) is 11.9. The number of halogens is 1. The van der Waals surface area contributed by atoms with E-state index in [0.717, 1.165) is 37.0 Å². The summed E-state index contributed by atoms with van der Waals surface area (Å²) < 4.78 is 15.9. The number of benzene rings is 1. The highest BCUT2D eigenvalue weighted by atomic mass is 19.1. The maximum Gasteiger partial charge on any atom is 0.257 e. The van der Waals surface area contributed by atoms with Gasteiger partial charge in [0.05, 0.1) is 35.9 Å². The van der Waals surface area contributed by atoms with E-state index in [4.69, 9.17) is 0 Å². The summed E-state index contributed by atoms with van der Waals surface area (Å²) in [7, 11) is 0. The van der Waals surface area contributed by atoms with Crippen molar-refractivity contribution >= 4 is 33.8 Å². The lowest BCUT2D eigenvalue weighted by molar-refractivity contribution is 0.102. The summed E-state index contributed by atoms with van der Waals surface area (Å²) in [5.74, 6) is -1.01. The van der Waals surface area contributed by atoms with Crippen LogP contribution >= 0.6 is 0 Å². The molecule has 3 N–H and O–H groups in total. The third kappa shape index (κ3) is 4.19. The number of pyridine rings is 1. The number of carbonyl (C=O) groups is 1. The van der Waals surface area contributed by atoms with Gasteiger partial charge < -0.3 is 20.6 Å². The number of amides is 1. The van der Waals surface area contributed by atoms with E-state index in [9.17, 15) is 14.3 Å². The number of piperidine rings is 1. The van der Waals surface area contributed by atoms with Gasteiger partial charge in [0.2, 0.25) is 0 Å². The molecule has 1 saturated heterocycles. The first-order valence-corrected chi connectivity index (χ1v) is 11.9. The third-order valence-corrected chi connectivity index (χ3v) is 6.85. The predicted octanol–water partition coefficient (Wildman–Crippen LogP) is 2.88. The zero-order chi connectivity index (χ0) is 23.9. The topological polar surface area (TPSA) is 108 Å². The Kier molecular flexibility index (Phi) is 5.54. The zero-order valence-corrected chi connectivity index (χ0v) is 19.1. The summed E-state index contributed by atoms with van der Waals surface area (Å²) in [5, 5.41) is 25.1. The average molecular weight is 476 g/mol. The van der Waals surface area contributed by atoms with Crippen LogP contribution in [0.2, 0.25) is 0 Å². The van der Waals surface area contributed by atoms with E-state index in [2.05, 4.69) is 30.7 Å². The number of imidazole rings is 1. The number of aromatic nitrogens is 4. The summed E-state index contributed by atoms with van der Waals surface area (Å²) >= 11 is 0. The lowest BCUT2D eigenvalue weighted by Crippen LogP contribution is -2.43. The largest absolute Gasteiger partial charge is 0.390 e. The van der Waals surface area contributed by atoms with Gasteiger partial charge in [-0.2, -0.15) is 5.10 Å². The van der Waals surface area contributed by atoms with Crippen molar-refractivity contribution in [3.63, 3.8) is 0 Å². The number of nitrogens with zero attached hydrogens (tertiary/aromatic N) is 5. The van der Waals surface area contributed by atoms with E-state index in [-0.39, 0.29) is 17.9 Å². The van der Waals surface area contributed by atoms with Crippen LogP contribution in [0.5, 0.6) is 0 Å². The van der Waals surface area contributed by atoms with Gasteiger partial charge in [-0.3, -0.25) is 9.20 Å². The monoisotopic (exact) mass is 475 g/mol. The maximum absolute atomic E-state index is 14.5. The second-order valence-corrected chi connectivity index (χ2v) is 9.26. The predicted molar refractivity (Wildman–Crippen MR) is 130 cm³/mol. The van der Waals surface area contributed by atoms with Crippen molar-refractivity contribution in [2.75, 3.05) is 23.3 Å². The van der Waals surface area contributed by atoms with Crippen molar-refractivity contribution in [2.24, 2.45) is 0 Å². The molecule has 1 aliphatic carbocycles. The lowest BCUT2D eigenvalue weighted by Gasteiger charge is -2.34. The SMILES string of the molecule is O=C(Nc1cc(F)c2ncc(CO)n2c1)c1ccc(N2CCC(NC3CC3)CC2)c2ccnnc12. The number of aliphatic hydroxyl groups is 1. The van der Waals surface area contributed by atoms with Crippen LogP contribution in [0.25, 0.3) is 16.6 Å². The number of hydrogen-bond donors (Lipinski definition) is 3. The fraction of sp³-hybridized carbons (Fsp3) is 0.360. The molecule has 9 nitrogen and oxygen atoms in total. The highest BCUT2D eigenvalue weighted by molar-refractivity contribution is 6.13. The van der Waals surface area contributed by atoms with Gasteiger partial charge in [0.15, 0.2) is 11.5 Å². The number of anilines is 2. The zero-order valence-electron chi connectivity index (χ0n) is 19.1. The number of hydrogen-bond acceptors (Lipinski definition) is 7. The quantitative estimate of drug-likeness (QED) is 0.394. The molecule has 0 atom stereocenters. The number of aliphatic hydroxyl groups excluding tert-OH is 1. The smallest absolute Gasteiger partial charge is 0.257 e. The molecule has 6 rings (SSSR count). The molecule has 0 bridgehead atoms. The molecule has 3 aromatic heterocycles. The first kappa shape index (κ1) is 21.9. The van der Waals surface area contributed by atoms with E-state index in [1.807, 2.05) is 12.1 Å². The molecule has 1 saturated carbocycles. The fourth-order valence-corrected chi connectivity index (χ4v) is 4.88. The fourth-order valence-electron chi connectivity index (χ4n) is 4.88. The Labute approximate surface area is 201 Å². The van der Waals surface area contributed by atoms with Gasteiger partial charge in [-0.15, -0.1) is 5.10 Å². The Bertz CT molecular complexity index is 1410. The summed E-state index contributed by atoms with van der Waals surface area (Å²) in [6.07, 6.45) is 9.31. The molecule has 35 heavy (non-hydrogen) atoms. The third-order valence-electron chi connectivity index (χ3n) is 6.85. The van der Waals surface area contributed by atoms with Crippen molar-refractivity contribution in [1.29, 1.82) is 0 Å². The first-order chi connectivity index (χ1) is 17.1. The van der Waals surface area contributed by atoms with Gasteiger partial charge >= 0.3 is 0 Å². The van der Waals surface area contributed by atoms with Crippen LogP contribution in [-0.2, 0) is 6.61 Å². The summed E-state index contributed by atoms with van der Waals surface area (Å²) in [4.78, 5) is 19.5. The molecule has 0 spiro atoms. The molecular formula is C25H26FN7O2. The Morgan fingerprint density at radius 2 is 1.94 bits per heavy atom. The van der Waals surface area contributed by atoms with Gasteiger partial charge in [0, 0.05) is 48.5 Å². The van der Waals surface area contributed by atoms with Crippen LogP contribution in [0.3, 0.4) is 0 Å². The minimum atomic E-state index is -0.595. The summed E-state index contributed by atoms with van der Waals surface area (Å²) in [6, 6.07) is 8.07. The van der Waals surface area contributed by atoms with E-state index in [1.54, 1.807) is 12.3 Å². The van der Waals surface area contributed by atoms with Gasteiger partial charge in [0.25, 0.3) is 5.91 Å². The standard InChI is InChI=1S/C25H26FN7O2/c26-21-11-17(13-33-18(14-34)12-27-24(21)33)30-25(35)20-3-4-22(19-5-8-28-31-23(19)20)32-9-6-16(7-10-32)29-15-1-2-15/h3-5,8,11-13,15-16,29,34H,1-2,6-7,9-10,14H2,(H,30,35). The molecule has 4 aromatic rings. The van der Waals surface area contributed by atoms with Gasteiger partial charge in [-0.25, -0.2) is 9.37 Å². The van der Waals surface area contributed by atoms with Gasteiger partial charge in [-0.05, 0) is 43.9 Å². The molecule has 2 aliphatic rings. The van der Waals surface area contributed by atoms with Crippen molar-refractivity contribution in [1.82, 2.24) is 24.9 Å². The van der Waals surface area contributed by atoms with E-state index in [0.29, 0.717) is 28.9 Å². The van der Waals surface area contributed by atoms with Crippen LogP contribution in [-0.4, -0.2) is 55.8 Å². The Hall–Kier alpha value is -3.63. The molecule has 0 radical (unpaired) electrons. The summed E-state index contributed by atoms with van der Waals surface area (Å²) in [6.45, 7) is 1.57. The molecule has 10 heteroatoms. The van der Waals surface area contributed by atoms with Crippen molar-refractivity contribution < 1.29 is 14.3 Å². The van der Waals surface area contributed by atoms with E-state index in [1.165, 1.54) is 35.7 Å². The number of fused-ring (bicyclic) bond motifs is 2. The van der Waals surface area contributed by atoms with Crippen LogP contribution < -0.4 is 15.5 Å². The maximum atomic E-state index is 14.5. The summed E-state index contributed by atoms with van der Waals surface area (Å²) in [5.41, 5.74) is 2.65. The second-order valence-electron chi connectivity index (χ2n) is 9.26. The van der Waals surface area contributed by atoms with Crippen LogP contribution in [0.15, 0.2) is 42.9 Å². The minimum absolute atomic E-state index is 0.0869. The number of rotatable bonds is 6. The molecule has 0 unspecified atom stereocenters. The molecular weight excluding hydrogens is 449 g/mol. The lowest BCUT2D eigenvalue weighted by atomic mass is 10.0. The molecule has 4 heterocycles. The van der Waals surface area contributed by atoms with E-state index < -0.39 is 11.7 Å². The second kappa shape index (κ2) is 8.86. The Morgan fingerprint density at radius 1 is 1.14 bits per heavy atom. The highest BCUT2D eigenvalue weighted by Gasteiger charge is 2.28. The van der Waals surface area contributed by atoms with Crippen LogP contribution in [0.4, 0.5) is 15.8 Å². The van der Waals surface area contributed by atoms with E-state index >= 15 is 0 Å². The molecule has 180 valence electrons. The van der Waals surface area contributed by atoms with Crippen molar-refractivity contribution in [3.8, 4) is 0 Å². The normalized spacial score (nSPS) is 16.8. The minimum Gasteiger partial charge on any atom is -0.390 e. The number of carbonyl (C=O) groups excluding carboxylic acids is 1. The number of nitrogens with one attached hydrogen (secondary N) is 2. The highest BCUT2D eigenvalue weighted by Crippen LogP contribution is 2.31. The van der Waals surface area contributed by atoms with Crippen molar-refractivity contribution in [3.05, 3.63) is 59.9 Å². The molecule has 2 fully saturated rings. The van der Waals surface area contributed by atoms with Gasteiger partial charge in [-0.1, -0.05) is 0 Å². The van der Waals surface area contributed by atoms with Gasteiger partial charge in [0.1, 0.15) is 5.52 Å². The molecule has 1 amide bonds. The Morgan fingerprint density at radius 3 is 2.71 bits per heavy atom.